The van der Waals surface area contributed by atoms with Crippen molar-refractivity contribution in [3.05, 3.63) is 18.4 Å². The van der Waals surface area contributed by atoms with Crippen molar-refractivity contribution in [3.8, 4) is 0 Å². The van der Waals surface area contributed by atoms with Crippen molar-refractivity contribution in [3.63, 3.8) is 0 Å². The molecule has 0 unspecified atom stereocenters. The second-order valence-electron chi connectivity index (χ2n) is 4.61. The minimum atomic E-state index is -3.49. The first-order valence-corrected chi connectivity index (χ1v) is 8.08. The van der Waals surface area contributed by atoms with Crippen LogP contribution in [0.5, 0.6) is 0 Å². The summed E-state index contributed by atoms with van der Waals surface area (Å²) in [5, 5.41) is -0.0247. The van der Waals surface area contributed by atoms with Gasteiger partial charge in [0.05, 0.1) is 6.26 Å². The Bertz CT molecular complexity index is 464. The highest BCUT2D eigenvalue weighted by Crippen LogP contribution is 2.08. The molecule has 1 fully saturated rings. The fraction of sp³-hybridized carbons (Fsp3) is 0.667. The standard InChI is InChI=1S/C12H21N3O3S/c1-2-14-7-9-15(10-8-14)6-5-13-19(16,17)12-4-3-11-18-12/h3-4,11,13H,2,5-10H2,1H3. The smallest absolute Gasteiger partial charge is 0.273 e. The lowest BCUT2D eigenvalue weighted by molar-refractivity contribution is 0.139. The molecule has 1 aromatic heterocycles. The Balaban J connectivity index is 1.73. The number of likely N-dealkylation sites (N-methyl/N-ethyl adjacent to an activating group) is 1. The van der Waals surface area contributed by atoms with E-state index in [0.29, 0.717) is 6.54 Å². The molecule has 0 amide bonds. The highest BCUT2D eigenvalue weighted by Gasteiger charge is 2.18. The highest BCUT2D eigenvalue weighted by atomic mass is 32.2. The van der Waals surface area contributed by atoms with Crippen LogP contribution in [0.2, 0.25) is 0 Å². The number of hydrogen-bond acceptors (Lipinski definition) is 5. The number of nitrogens with one attached hydrogen (secondary N) is 1. The van der Waals surface area contributed by atoms with Crippen LogP contribution in [0.3, 0.4) is 0 Å². The van der Waals surface area contributed by atoms with Gasteiger partial charge in [0.15, 0.2) is 0 Å². The Morgan fingerprint density at radius 1 is 1.26 bits per heavy atom. The van der Waals surface area contributed by atoms with Gasteiger partial charge in [-0.15, -0.1) is 0 Å². The first kappa shape index (κ1) is 14.5. The molecule has 108 valence electrons. The monoisotopic (exact) mass is 287 g/mol. The molecule has 0 aromatic carbocycles. The molecule has 0 aliphatic carbocycles. The Hall–Kier alpha value is -0.890. The van der Waals surface area contributed by atoms with Gasteiger partial charge in [-0.1, -0.05) is 6.92 Å². The third kappa shape index (κ3) is 4.04. The van der Waals surface area contributed by atoms with Gasteiger partial charge in [-0.25, -0.2) is 13.1 Å². The number of sulfonamides is 1. The van der Waals surface area contributed by atoms with Crippen molar-refractivity contribution in [2.45, 2.75) is 12.0 Å². The van der Waals surface area contributed by atoms with Crippen LogP contribution in [0.25, 0.3) is 0 Å². The van der Waals surface area contributed by atoms with E-state index >= 15 is 0 Å². The number of furan rings is 1. The van der Waals surface area contributed by atoms with Gasteiger partial charge in [-0.2, -0.15) is 0 Å². The van der Waals surface area contributed by atoms with E-state index in [0.717, 1.165) is 39.3 Å². The van der Waals surface area contributed by atoms with Crippen LogP contribution in [-0.4, -0.2) is 64.0 Å². The SMILES string of the molecule is CCN1CCN(CCNS(=O)(=O)c2ccco2)CC1. The van der Waals surface area contributed by atoms with E-state index in [9.17, 15) is 8.42 Å². The van der Waals surface area contributed by atoms with Crippen molar-refractivity contribution in [2.24, 2.45) is 0 Å². The summed E-state index contributed by atoms with van der Waals surface area (Å²) in [6.45, 7) is 8.49. The van der Waals surface area contributed by atoms with Crippen LogP contribution >= 0.6 is 0 Å². The number of hydrogen-bond donors (Lipinski definition) is 1. The minimum Gasteiger partial charge on any atom is -0.452 e. The van der Waals surface area contributed by atoms with Crippen molar-refractivity contribution in [1.82, 2.24) is 14.5 Å². The number of piperazine rings is 1. The van der Waals surface area contributed by atoms with Crippen molar-refractivity contribution in [1.29, 1.82) is 0 Å². The van der Waals surface area contributed by atoms with Gasteiger partial charge in [0.25, 0.3) is 10.0 Å². The fourth-order valence-corrected chi connectivity index (χ4v) is 3.10. The lowest BCUT2D eigenvalue weighted by Crippen LogP contribution is -2.48. The maximum atomic E-state index is 11.8. The first-order valence-electron chi connectivity index (χ1n) is 6.59. The summed E-state index contributed by atoms with van der Waals surface area (Å²) in [5.74, 6) is 0. The second-order valence-corrected chi connectivity index (χ2v) is 6.30. The minimum absolute atomic E-state index is 0.0247. The molecule has 0 atom stereocenters. The largest absolute Gasteiger partial charge is 0.452 e. The van der Waals surface area contributed by atoms with Crippen LogP contribution in [0, 0.1) is 0 Å². The average Bonchev–Trinajstić information content (AvgIpc) is 2.94. The normalized spacial score (nSPS) is 18.8. The molecule has 2 rings (SSSR count). The summed E-state index contributed by atoms with van der Waals surface area (Å²) in [6, 6.07) is 3.01. The van der Waals surface area contributed by atoms with E-state index in [1.54, 1.807) is 6.07 Å². The average molecular weight is 287 g/mol. The van der Waals surface area contributed by atoms with Gasteiger partial charge in [0.1, 0.15) is 0 Å². The maximum absolute atomic E-state index is 11.8. The van der Waals surface area contributed by atoms with E-state index in [4.69, 9.17) is 4.42 Å². The summed E-state index contributed by atoms with van der Waals surface area (Å²) in [4.78, 5) is 4.67. The lowest BCUT2D eigenvalue weighted by atomic mass is 10.3. The lowest BCUT2D eigenvalue weighted by Gasteiger charge is -2.33. The second kappa shape index (κ2) is 6.51. The highest BCUT2D eigenvalue weighted by molar-refractivity contribution is 7.89. The van der Waals surface area contributed by atoms with E-state index in [-0.39, 0.29) is 5.09 Å². The molecule has 0 bridgehead atoms. The Labute approximate surface area is 114 Å². The summed E-state index contributed by atoms with van der Waals surface area (Å²) in [6.07, 6.45) is 1.36. The van der Waals surface area contributed by atoms with Crippen LogP contribution < -0.4 is 4.72 Å². The van der Waals surface area contributed by atoms with Crippen molar-refractivity contribution >= 4 is 10.0 Å². The third-order valence-corrected chi connectivity index (χ3v) is 4.74. The molecule has 0 spiro atoms. The molecule has 0 radical (unpaired) electrons. The van der Waals surface area contributed by atoms with E-state index in [1.165, 1.54) is 12.3 Å². The molecule has 0 saturated carbocycles. The molecule has 2 heterocycles. The van der Waals surface area contributed by atoms with Crippen LogP contribution in [0.15, 0.2) is 27.9 Å². The van der Waals surface area contributed by atoms with Crippen molar-refractivity contribution in [2.75, 3.05) is 45.8 Å². The van der Waals surface area contributed by atoms with Gasteiger partial charge in [0, 0.05) is 39.3 Å². The number of rotatable bonds is 6. The predicted octanol–water partition coefficient (Wildman–Crippen LogP) is 0.195. The molecule has 19 heavy (non-hydrogen) atoms. The third-order valence-electron chi connectivity index (χ3n) is 3.39. The number of nitrogens with zero attached hydrogens (tertiary/aromatic N) is 2. The molecule has 1 aliphatic rings. The molecular weight excluding hydrogens is 266 g/mol. The zero-order chi connectivity index (χ0) is 13.7. The van der Waals surface area contributed by atoms with Crippen LogP contribution in [0.1, 0.15) is 6.92 Å². The van der Waals surface area contributed by atoms with Crippen LogP contribution in [0.4, 0.5) is 0 Å². The molecule has 1 N–H and O–H groups in total. The summed E-state index contributed by atoms with van der Waals surface area (Å²) < 4.78 is 31.1. The Morgan fingerprint density at radius 3 is 2.53 bits per heavy atom. The summed E-state index contributed by atoms with van der Waals surface area (Å²) in [7, 11) is -3.49. The van der Waals surface area contributed by atoms with Gasteiger partial charge in [0.2, 0.25) is 5.09 Å². The van der Waals surface area contributed by atoms with Crippen LogP contribution in [-0.2, 0) is 10.0 Å². The van der Waals surface area contributed by atoms with Gasteiger partial charge >= 0.3 is 0 Å². The van der Waals surface area contributed by atoms with E-state index < -0.39 is 10.0 Å². The molecule has 1 aromatic rings. The molecule has 1 saturated heterocycles. The topological polar surface area (TPSA) is 65.8 Å². The van der Waals surface area contributed by atoms with Crippen molar-refractivity contribution < 1.29 is 12.8 Å². The molecular formula is C12H21N3O3S. The Morgan fingerprint density at radius 2 is 1.95 bits per heavy atom. The summed E-state index contributed by atoms with van der Waals surface area (Å²) in [5.41, 5.74) is 0. The Kier molecular flexibility index (Phi) is 4.98. The van der Waals surface area contributed by atoms with E-state index in [1.807, 2.05) is 0 Å². The quantitative estimate of drug-likeness (QED) is 0.809. The first-order chi connectivity index (χ1) is 9.12. The zero-order valence-corrected chi connectivity index (χ0v) is 12.0. The van der Waals surface area contributed by atoms with Gasteiger partial charge in [-0.05, 0) is 18.7 Å². The fourth-order valence-electron chi connectivity index (χ4n) is 2.15. The van der Waals surface area contributed by atoms with Gasteiger partial charge in [-0.3, -0.25) is 4.90 Å². The zero-order valence-electron chi connectivity index (χ0n) is 11.2. The molecule has 7 heteroatoms. The molecule has 1 aliphatic heterocycles. The van der Waals surface area contributed by atoms with Gasteiger partial charge < -0.3 is 9.32 Å². The predicted molar refractivity (Wildman–Crippen MR) is 72.5 cm³/mol. The molecule has 6 nitrogen and oxygen atoms in total. The van der Waals surface area contributed by atoms with E-state index in [2.05, 4.69) is 21.4 Å². The summed E-state index contributed by atoms with van der Waals surface area (Å²) >= 11 is 0. The maximum Gasteiger partial charge on any atom is 0.273 e.